The second-order valence-electron chi connectivity index (χ2n) is 0.528. The molecule has 0 aromatic heterocycles. The van der Waals surface area contributed by atoms with Gasteiger partial charge in [-0.2, -0.15) is 0 Å². The van der Waals surface area contributed by atoms with Crippen LogP contribution in [0.5, 0.6) is 0 Å². The minimum Gasteiger partial charge on any atom is -0.359 e. The van der Waals surface area contributed by atoms with Crippen LogP contribution >= 0.6 is 15.9 Å². The highest BCUT2D eigenvalue weighted by atomic mass is 79.9. The molecule has 32 valence electrons. The maximum Gasteiger partial charge on any atom is 0.212 e. The highest BCUT2D eigenvalue weighted by Gasteiger charge is 1.83. The van der Waals surface area contributed by atoms with E-state index in [9.17, 15) is 0 Å². The molecule has 0 saturated carbocycles. The number of halogens is 1. The number of aliphatic hydroxyl groups is 1. The molecule has 3 heteroatoms. The molecule has 1 unspecified atom stereocenters. The van der Waals surface area contributed by atoms with Crippen LogP contribution in [0.2, 0.25) is 0 Å². The summed E-state index contributed by atoms with van der Waals surface area (Å²) in [6.45, 7) is 0. The molecular formula is C2H5BrO2. The van der Waals surface area contributed by atoms with Crippen molar-refractivity contribution in [3.8, 4) is 0 Å². The fraction of sp³-hybridized carbons (Fsp3) is 1.00. The Morgan fingerprint density at radius 1 is 2.00 bits per heavy atom. The summed E-state index contributed by atoms with van der Waals surface area (Å²) < 4.78 is 4.22. The molecule has 0 heterocycles. The number of rotatable bonds is 1. The normalized spacial score (nSPS) is 15.0. The van der Waals surface area contributed by atoms with Crippen LogP contribution in [0.4, 0.5) is 0 Å². The zero-order valence-electron chi connectivity index (χ0n) is 2.81. The van der Waals surface area contributed by atoms with E-state index in [0.29, 0.717) is 0 Å². The molecule has 0 aliphatic carbocycles. The number of methoxy groups -OCH3 is 1. The standard InChI is InChI=1S/C2H5BrO2/c1-5-2(3)4/h2,4H,1H3. The lowest BCUT2D eigenvalue weighted by Crippen LogP contribution is -1.94. The Hall–Kier alpha value is 0.400. The zero-order chi connectivity index (χ0) is 4.28. The van der Waals surface area contributed by atoms with Crippen LogP contribution in [0.25, 0.3) is 0 Å². The molecule has 0 spiro atoms. The Labute approximate surface area is 38.9 Å². The predicted molar refractivity (Wildman–Crippen MR) is 21.9 cm³/mol. The van der Waals surface area contributed by atoms with Crippen LogP contribution in [-0.2, 0) is 4.74 Å². The van der Waals surface area contributed by atoms with E-state index in [4.69, 9.17) is 5.11 Å². The second kappa shape index (κ2) is 2.63. The van der Waals surface area contributed by atoms with Crippen molar-refractivity contribution in [2.45, 2.75) is 5.20 Å². The van der Waals surface area contributed by atoms with Gasteiger partial charge in [0.15, 0.2) is 0 Å². The molecule has 0 aliphatic rings. The molecule has 0 radical (unpaired) electrons. The van der Waals surface area contributed by atoms with Gasteiger partial charge in [-0.05, 0) is 15.9 Å². The van der Waals surface area contributed by atoms with Crippen LogP contribution < -0.4 is 0 Å². The van der Waals surface area contributed by atoms with Gasteiger partial charge in [0.1, 0.15) is 0 Å². The fourth-order valence-corrected chi connectivity index (χ4v) is 0. The molecule has 0 fully saturated rings. The largest absolute Gasteiger partial charge is 0.359 e. The van der Waals surface area contributed by atoms with E-state index in [1.54, 1.807) is 0 Å². The third-order valence-corrected chi connectivity index (χ3v) is 0.568. The first-order valence-corrected chi connectivity index (χ1v) is 2.04. The molecule has 0 rings (SSSR count). The van der Waals surface area contributed by atoms with E-state index in [1.165, 1.54) is 7.11 Å². The van der Waals surface area contributed by atoms with E-state index in [0.717, 1.165) is 0 Å². The van der Waals surface area contributed by atoms with E-state index >= 15 is 0 Å². The molecule has 0 bridgehead atoms. The quantitative estimate of drug-likeness (QED) is 0.420. The summed E-state index contributed by atoms with van der Waals surface area (Å²) in [6, 6.07) is 0. The Kier molecular flexibility index (Phi) is 2.84. The van der Waals surface area contributed by atoms with Crippen molar-refractivity contribution in [2.75, 3.05) is 7.11 Å². The SMILES string of the molecule is COC(O)Br. The number of hydrogen-bond donors (Lipinski definition) is 1. The van der Waals surface area contributed by atoms with E-state index in [2.05, 4.69) is 20.7 Å². The van der Waals surface area contributed by atoms with Gasteiger partial charge >= 0.3 is 0 Å². The average molecular weight is 141 g/mol. The lowest BCUT2D eigenvalue weighted by Gasteiger charge is -1.91. The maximum absolute atomic E-state index is 8.06. The van der Waals surface area contributed by atoms with Gasteiger partial charge in [-0.15, -0.1) is 0 Å². The molecule has 2 nitrogen and oxygen atoms in total. The summed E-state index contributed by atoms with van der Waals surface area (Å²) in [4.78, 5) is 0. The lowest BCUT2D eigenvalue weighted by atomic mass is 11.4. The highest BCUT2D eigenvalue weighted by Crippen LogP contribution is 1.89. The Bertz CT molecular complexity index is 21.6. The molecule has 0 amide bonds. The predicted octanol–water partition coefficient (Wildman–Crippen LogP) is 0.304. The van der Waals surface area contributed by atoms with Crippen molar-refractivity contribution >= 4 is 15.9 Å². The smallest absolute Gasteiger partial charge is 0.212 e. The number of hydrogen-bond acceptors (Lipinski definition) is 2. The lowest BCUT2D eigenvalue weighted by molar-refractivity contribution is 0.00496. The summed E-state index contributed by atoms with van der Waals surface area (Å²) in [7, 11) is 1.40. The number of alkyl halides is 1. The van der Waals surface area contributed by atoms with E-state index in [1.807, 2.05) is 0 Å². The van der Waals surface area contributed by atoms with Crippen LogP contribution in [0.3, 0.4) is 0 Å². The molecule has 0 saturated heterocycles. The van der Waals surface area contributed by atoms with Gasteiger partial charge in [0.25, 0.3) is 0 Å². The Balaban J connectivity index is 2.54. The van der Waals surface area contributed by atoms with Gasteiger partial charge in [-0.1, -0.05) is 0 Å². The number of aliphatic hydroxyl groups excluding tert-OH is 1. The third-order valence-electron chi connectivity index (χ3n) is 0.194. The Morgan fingerprint density at radius 3 is 2.20 bits per heavy atom. The van der Waals surface area contributed by atoms with Gasteiger partial charge in [0.2, 0.25) is 5.20 Å². The molecular weight excluding hydrogens is 136 g/mol. The van der Waals surface area contributed by atoms with Crippen LogP contribution in [0, 0.1) is 0 Å². The second-order valence-corrected chi connectivity index (χ2v) is 1.31. The topological polar surface area (TPSA) is 29.5 Å². The molecule has 0 aromatic rings. The fourth-order valence-electron chi connectivity index (χ4n) is 0. The van der Waals surface area contributed by atoms with E-state index in [-0.39, 0.29) is 0 Å². The van der Waals surface area contributed by atoms with Gasteiger partial charge in [0.05, 0.1) is 0 Å². The third kappa shape index (κ3) is 4.40. The van der Waals surface area contributed by atoms with Gasteiger partial charge in [0, 0.05) is 7.11 Å². The first-order valence-electron chi connectivity index (χ1n) is 1.12. The van der Waals surface area contributed by atoms with Gasteiger partial charge < -0.3 is 9.84 Å². The summed E-state index contributed by atoms with van der Waals surface area (Å²) in [6.07, 6.45) is 0. The zero-order valence-corrected chi connectivity index (χ0v) is 4.40. The van der Waals surface area contributed by atoms with Crippen molar-refractivity contribution in [3.05, 3.63) is 0 Å². The molecule has 0 aliphatic heterocycles. The van der Waals surface area contributed by atoms with Crippen molar-refractivity contribution in [2.24, 2.45) is 0 Å². The van der Waals surface area contributed by atoms with Crippen LogP contribution in [-0.4, -0.2) is 17.4 Å². The first-order chi connectivity index (χ1) is 2.27. The highest BCUT2D eigenvalue weighted by molar-refractivity contribution is 9.09. The minimum atomic E-state index is -0.803. The van der Waals surface area contributed by atoms with E-state index < -0.39 is 5.20 Å². The van der Waals surface area contributed by atoms with Crippen molar-refractivity contribution in [3.63, 3.8) is 0 Å². The summed E-state index contributed by atoms with van der Waals surface area (Å²) in [5.41, 5.74) is 0. The first kappa shape index (κ1) is 5.40. The Morgan fingerprint density at radius 2 is 2.20 bits per heavy atom. The van der Waals surface area contributed by atoms with Crippen molar-refractivity contribution in [1.82, 2.24) is 0 Å². The van der Waals surface area contributed by atoms with Crippen molar-refractivity contribution < 1.29 is 9.84 Å². The van der Waals surface area contributed by atoms with Gasteiger partial charge in [-0.3, -0.25) is 0 Å². The average Bonchev–Trinajstić information content (AvgIpc) is 1.38. The van der Waals surface area contributed by atoms with Crippen molar-refractivity contribution in [1.29, 1.82) is 0 Å². The molecule has 5 heavy (non-hydrogen) atoms. The molecule has 1 atom stereocenters. The van der Waals surface area contributed by atoms with Crippen LogP contribution in [0.15, 0.2) is 0 Å². The van der Waals surface area contributed by atoms with Crippen LogP contribution in [0.1, 0.15) is 0 Å². The molecule has 0 aromatic carbocycles. The van der Waals surface area contributed by atoms with Gasteiger partial charge in [-0.25, -0.2) is 0 Å². The molecule has 1 N–H and O–H groups in total. The monoisotopic (exact) mass is 140 g/mol. The summed E-state index contributed by atoms with van der Waals surface area (Å²) >= 11 is 2.71. The summed E-state index contributed by atoms with van der Waals surface area (Å²) in [5.74, 6) is 0. The summed E-state index contributed by atoms with van der Waals surface area (Å²) in [5, 5.41) is 7.25. The number of ether oxygens (including phenoxy) is 1. The maximum atomic E-state index is 8.06. The minimum absolute atomic E-state index is 0.803.